The maximum absolute atomic E-state index is 13.7. The third kappa shape index (κ3) is 11.7. The number of carboxylic acids is 3. The Morgan fingerprint density at radius 3 is 1.57 bits per heavy atom. The van der Waals surface area contributed by atoms with Gasteiger partial charge in [0.1, 0.15) is 11.0 Å². The van der Waals surface area contributed by atoms with Crippen molar-refractivity contribution in [1.29, 1.82) is 0 Å². The number of hydrogen-bond acceptors (Lipinski definition) is 13. The average molecular weight is 1140 g/mol. The summed E-state index contributed by atoms with van der Waals surface area (Å²) in [7, 11) is 10.4. The molecule has 376 valence electrons. The van der Waals surface area contributed by atoms with E-state index in [2.05, 4.69) is 40.5 Å². The molecule has 0 saturated heterocycles. The number of carbonyl (C=O) groups excluding carboxylic acids is 1. The fourth-order valence-electron chi connectivity index (χ4n) is 9.14. The van der Waals surface area contributed by atoms with Crippen LogP contribution >= 0.6 is 0 Å². The van der Waals surface area contributed by atoms with Gasteiger partial charge in [0.05, 0.1) is 34.7 Å². The number of pyridine rings is 2. The monoisotopic (exact) mass is 1140 g/mol. The second-order valence-corrected chi connectivity index (χ2v) is 17.4. The van der Waals surface area contributed by atoms with E-state index in [0.29, 0.717) is 25.8 Å². The number of rotatable bonds is 21. The number of aromatic nitrogens is 10. The van der Waals surface area contributed by atoms with E-state index < -0.39 is 58.2 Å². The van der Waals surface area contributed by atoms with E-state index in [-0.39, 0.29) is 26.2 Å². The van der Waals surface area contributed by atoms with Crippen molar-refractivity contribution in [1.82, 2.24) is 53.5 Å². The van der Waals surface area contributed by atoms with Crippen LogP contribution in [0.4, 0.5) is 5.69 Å². The largest absolute Gasteiger partial charge is 0.481 e. The molecule has 0 spiro atoms. The fraction of sp³-hybridized carbons (Fsp3) is 0.458. The number of amides is 1. The predicted molar refractivity (Wildman–Crippen MR) is 253 cm³/mol. The molecule has 8 rings (SSSR count). The van der Waals surface area contributed by atoms with Crippen molar-refractivity contribution >= 4 is 29.5 Å². The van der Waals surface area contributed by atoms with Crippen LogP contribution in [0.1, 0.15) is 51.9 Å². The summed E-state index contributed by atoms with van der Waals surface area (Å²) >= 11 is 0. The molecule has 6 heterocycles. The number of ether oxygens (including phenoxy) is 2. The second-order valence-electron chi connectivity index (χ2n) is 17.4. The Morgan fingerprint density at radius 2 is 1.17 bits per heavy atom. The summed E-state index contributed by atoms with van der Waals surface area (Å²) < 4.78 is 19.1. The summed E-state index contributed by atoms with van der Waals surface area (Å²) in [6.45, 7) is 2.25. The molecule has 6 aromatic rings. The fourth-order valence-corrected chi connectivity index (χ4v) is 9.14. The summed E-state index contributed by atoms with van der Waals surface area (Å²) in [5, 5.41) is 36.4. The van der Waals surface area contributed by atoms with Crippen molar-refractivity contribution in [2.24, 2.45) is 51.4 Å². The molecule has 0 bridgehead atoms. The van der Waals surface area contributed by atoms with E-state index in [0.717, 1.165) is 66.2 Å². The van der Waals surface area contributed by atoms with Crippen LogP contribution in [0.25, 0.3) is 34.7 Å². The number of hydrogen-bond donors (Lipinski definition) is 5. The van der Waals surface area contributed by atoms with Crippen molar-refractivity contribution in [2.45, 2.75) is 63.1 Å². The van der Waals surface area contributed by atoms with Gasteiger partial charge >= 0.3 is 17.9 Å². The standard InChI is InChI=1S/C32H42N4O9.2C8H10N4.Os/c1-20(27(38)39)24(28(40)41)32(45-3)19-31(32,29(42)43)25(30(44-2)12-13-30)26(37)36-16-8-5-4-7-14-33-21-11-17-35-23(18-21)22-10-6-9-15-34-22;2*1-11-5-3-9-7(11)8-10-4-6-12(8)2;/h6,9-11,15,17-18,20,24-25H,4-5,7-8,12-14,16,19H2,1-3H3,(H,33,35)(H,36,37)(H,38,39)(H,40,41)(H,42,43);2*3-6H,1-2H3;. The first-order chi connectivity index (χ1) is 33.1. The minimum Gasteiger partial charge on any atom is -0.481 e. The van der Waals surface area contributed by atoms with Gasteiger partial charge in [-0.3, -0.25) is 29.1 Å². The third-order valence-corrected chi connectivity index (χ3v) is 13.1. The predicted octanol–water partition coefficient (Wildman–Crippen LogP) is 4.95. The van der Waals surface area contributed by atoms with Crippen LogP contribution in [0.2, 0.25) is 0 Å². The summed E-state index contributed by atoms with van der Waals surface area (Å²) in [4.78, 5) is 76.3. The third-order valence-electron chi connectivity index (χ3n) is 13.1. The zero-order chi connectivity index (χ0) is 49.9. The van der Waals surface area contributed by atoms with Crippen molar-refractivity contribution in [3.63, 3.8) is 0 Å². The van der Waals surface area contributed by atoms with Gasteiger partial charge in [0.25, 0.3) is 0 Å². The van der Waals surface area contributed by atoms with Gasteiger partial charge in [-0.25, -0.2) is 19.9 Å². The zero-order valence-electron chi connectivity index (χ0n) is 40.4. The van der Waals surface area contributed by atoms with Crippen LogP contribution in [0, 0.1) is 23.2 Å². The van der Waals surface area contributed by atoms with Gasteiger partial charge in [0, 0.05) is 143 Å². The van der Waals surface area contributed by atoms with E-state index in [1.54, 1.807) is 37.2 Å². The number of aryl methyl sites for hydroxylation is 4. The molecule has 70 heavy (non-hydrogen) atoms. The normalized spacial score (nSPS) is 18.6. The van der Waals surface area contributed by atoms with Crippen LogP contribution < -0.4 is 10.6 Å². The van der Waals surface area contributed by atoms with Gasteiger partial charge in [0.2, 0.25) is 5.91 Å². The van der Waals surface area contributed by atoms with E-state index >= 15 is 0 Å². The molecule has 2 aliphatic rings. The molecule has 6 aromatic heterocycles. The molecule has 0 aromatic carbocycles. The molecule has 22 heteroatoms. The summed E-state index contributed by atoms with van der Waals surface area (Å²) in [6, 6.07) is 9.51. The minimum atomic E-state index is -1.97. The number of nitrogens with one attached hydrogen (secondary N) is 2. The van der Waals surface area contributed by atoms with Crippen LogP contribution in [0.3, 0.4) is 0 Å². The molecular weight excluding hydrogens is 1080 g/mol. The molecular formula is C48H62N12O9Os. The van der Waals surface area contributed by atoms with Gasteiger partial charge < -0.3 is 53.7 Å². The quantitative estimate of drug-likeness (QED) is 0.0597. The van der Waals surface area contributed by atoms with Crippen molar-refractivity contribution in [3.05, 3.63) is 92.3 Å². The molecule has 0 radical (unpaired) electrons. The molecule has 2 fully saturated rings. The summed E-state index contributed by atoms with van der Waals surface area (Å²) in [5.41, 5.74) is -2.46. The molecule has 5 atom stereocenters. The minimum absolute atomic E-state index is 0. The molecule has 1 amide bonds. The Hall–Kier alpha value is -6.62. The molecule has 2 saturated carbocycles. The SMILES string of the molecule is COC1(C(C(=O)NCCCCCCNc2ccnc(-c3ccccn3)c2)C2(C(=O)O)CC2(OC)C(C(=O)O)C(C)C(=O)O)CC1.Cn1ccnc1-c1nccn1C.Cn1ccnc1-c1nccn1C.[Os]. The summed E-state index contributed by atoms with van der Waals surface area (Å²) in [6.07, 6.45) is 21.9. The van der Waals surface area contributed by atoms with Gasteiger partial charge in [-0.05, 0) is 56.4 Å². The zero-order valence-corrected chi connectivity index (χ0v) is 42.9. The first-order valence-electron chi connectivity index (χ1n) is 22.7. The number of carboxylic acid groups (broad SMARTS) is 3. The molecule has 0 aliphatic heterocycles. The first kappa shape index (κ1) is 54.3. The number of methoxy groups -OCH3 is 2. The Labute approximate surface area is 419 Å². The number of anilines is 1. The number of aliphatic carboxylic acids is 3. The number of carbonyl (C=O) groups is 4. The second kappa shape index (κ2) is 23.8. The molecule has 2 aliphatic carbocycles. The molecule has 5 unspecified atom stereocenters. The smallest absolute Gasteiger partial charge is 0.313 e. The van der Waals surface area contributed by atoms with Crippen molar-refractivity contribution < 1.29 is 63.8 Å². The van der Waals surface area contributed by atoms with E-state index in [4.69, 9.17) is 9.47 Å². The van der Waals surface area contributed by atoms with Gasteiger partial charge in [0.15, 0.2) is 23.3 Å². The Balaban J connectivity index is 0.000000292. The van der Waals surface area contributed by atoms with E-state index in [1.807, 2.05) is 102 Å². The number of nitrogens with zero attached hydrogens (tertiary/aromatic N) is 10. The molecule has 5 N–H and O–H groups in total. The van der Waals surface area contributed by atoms with Crippen molar-refractivity contribution in [3.8, 4) is 34.7 Å². The van der Waals surface area contributed by atoms with Crippen LogP contribution in [0.15, 0.2) is 92.3 Å². The van der Waals surface area contributed by atoms with Crippen LogP contribution in [-0.2, 0) is 76.6 Å². The van der Waals surface area contributed by atoms with Crippen LogP contribution in [0.5, 0.6) is 0 Å². The van der Waals surface area contributed by atoms with Gasteiger partial charge in [-0.1, -0.05) is 25.8 Å². The molecule has 21 nitrogen and oxygen atoms in total. The van der Waals surface area contributed by atoms with Gasteiger partial charge in [-0.2, -0.15) is 0 Å². The van der Waals surface area contributed by atoms with Crippen LogP contribution in [-0.4, -0.2) is 126 Å². The Bertz CT molecular complexity index is 2530. The van der Waals surface area contributed by atoms with E-state index in [9.17, 15) is 34.5 Å². The van der Waals surface area contributed by atoms with Crippen molar-refractivity contribution in [2.75, 3.05) is 32.6 Å². The number of unbranched alkanes of at least 4 members (excludes halogenated alkanes) is 3. The Kier molecular flexibility index (Phi) is 18.5. The Morgan fingerprint density at radius 1 is 0.657 bits per heavy atom. The maximum atomic E-state index is 13.7. The van der Waals surface area contributed by atoms with E-state index in [1.165, 1.54) is 21.1 Å². The topological polar surface area (TPSA) is 269 Å². The summed E-state index contributed by atoms with van der Waals surface area (Å²) in [5.74, 6) is -5.72. The first-order valence-corrected chi connectivity index (χ1v) is 22.7. The average Bonchev–Trinajstić information content (AvgIpc) is 3.85. The number of imidazole rings is 4. The maximum Gasteiger partial charge on any atom is 0.313 e. The van der Waals surface area contributed by atoms with Gasteiger partial charge in [-0.15, -0.1) is 0 Å².